The second kappa shape index (κ2) is 11.7. The molecule has 0 amide bonds. The van der Waals surface area contributed by atoms with Crippen LogP contribution in [0.4, 0.5) is 0 Å². The van der Waals surface area contributed by atoms with Gasteiger partial charge in [-0.1, -0.05) is 77.2 Å². The van der Waals surface area contributed by atoms with Gasteiger partial charge >= 0.3 is 0 Å². The van der Waals surface area contributed by atoms with E-state index >= 15 is 0 Å². The van der Waals surface area contributed by atoms with Gasteiger partial charge in [0.2, 0.25) is 0 Å². The third kappa shape index (κ3) is 9.09. The first-order chi connectivity index (χ1) is 10.4. The van der Waals surface area contributed by atoms with Crippen LogP contribution < -0.4 is 0 Å². The van der Waals surface area contributed by atoms with Crippen LogP contribution in [0.5, 0.6) is 0 Å². The smallest absolute Gasteiger partial charge is 0.181 e. The van der Waals surface area contributed by atoms with Crippen LogP contribution in [0.2, 0.25) is 0 Å². The average molecular weight is 359 g/mol. The quantitative estimate of drug-likeness (QED) is 0.375. The summed E-state index contributed by atoms with van der Waals surface area (Å²) in [7, 11) is 0. The van der Waals surface area contributed by atoms with Gasteiger partial charge in [0.25, 0.3) is 0 Å². The summed E-state index contributed by atoms with van der Waals surface area (Å²) in [5.41, 5.74) is 2.47. The Balaban J connectivity index is 5.11. The molecule has 0 bridgehead atoms. The molecule has 0 unspecified atom stereocenters. The molecule has 0 aliphatic heterocycles. The van der Waals surface area contributed by atoms with Gasteiger partial charge in [-0.2, -0.15) is 0 Å². The zero-order valence-electron chi connectivity index (χ0n) is 13.5. The molecule has 0 atom stereocenters. The molecule has 0 fully saturated rings. The number of hydrogen-bond donors (Lipinski definition) is 0. The molecule has 0 aromatic heterocycles. The van der Waals surface area contributed by atoms with E-state index in [2.05, 4.69) is 29.1 Å². The molecule has 0 saturated carbocycles. The summed E-state index contributed by atoms with van der Waals surface area (Å²) in [6, 6.07) is 0. The first-order valence-electron chi connectivity index (χ1n) is 6.96. The summed E-state index contributed by atoms with van der Waals surface area (Å²) < 4.78 is 0.812. The van der Waals surface area contributed by atoms with Crippen molar-refractivity contribution >= 4 is 21.7 Å². The molecule has 116 valence electrons. The minimum atomic E-state index is -0.0426. The van der Waals surface area contributed by atoms with Gasteiger partial charge in [-0.15, -0.1) is 0 Å². The zero-order chi connectivity index (χ0) is 17.0. The van der Waals surface area contributed by atoms with Crippen molar-refractivity contribution in [3.63, 3.8) is 0 Å². The third-order valence-corrected chi connectivity index (χ3v) is 3.11. The van der Waals surface area contributed by atoms with Crippen LogP contribution in [0.3, 0.4) is 0 Å². The van der Waals surface area contributed by atoms with Crippen molar-refractivity contribution in [2.24, 2.45) is 0 Å². The maximum Gasteiger partial charge on any atom is 0.181 e. The minimum absolute atomic E-state index is 0.0426. The van der Waals surface area contributed by atoms with E-state index in [1.54, 1.807) is 37.3 Å². The second-order valence-electron chi connectivity index (χ2n) is 4.63. The van der Waals surface area contributed by atoms with Gasteiger partial charge in [0, 0.05) is 4.48 Å². The Hall–Kier alpha value is -1.93. The van der Waals surface area contributed by atoms with E-state index in [-0.39, 0.29) is 5.78 Å². The second-order valence-corrected chi connectivity index (χ2v) is 5.54. The number of ketones is 1. The van der Waals surface area contributed by atoms with Crippen LogP contribution in [0.15, 0.2) is 95.1 Å². The molecule has 0 N–H and O–H groups in total. The lowest BCUT2D eigenvalue weighted by atomic mass is 10.1. The van der Waals surface area contributed by atoms with Gasteiger partial charge in [-0.25, -0.2) is 0 Å². The van der Waals surface area contributed by atoms with Crippen molar-refractivity contribution < 1.29 is 4.79 Å². The van der Waals surface area contributed by atoms with Gasteiger partial charge in [-0.05, 0) is 50.1 Å². The predicted molar refractivity (Wildman–Crippen MR) is 102 cm³/mol. The summed E-state index contributed by atoms with van der Waals surface area (Å²) in [6.45, 7) is 13.2. The van der Waals surface area contributed by atoms with Gasteiger partial charge in [0.1, 0.15) is 0 Å². The molecule has 0 saturated heterocycles. The summed E-state index contributed by atoms with van der Waals surface area (Å²) in [6.07, 6.45) is 18.2. The first-order valence-corrected chi connectivity index (χ1v) is 7.76. The first kappa shape index (κ1) is 20.1. The summed E-state index contributed by atoms with van der Waals surface area (Å²) in [5, 5.41) is 0. The minimum Gasteiger partial charge on any atom is -0.290 e. The molecule has 0 aromatic rings. The van der Waals surface area contributed by atoms with Crippen molar-refractivity contribution in [3.8, 4) is 0 Å². The Morgan fingerprint density at radius 3 is 2.27 bits per heavy atom. The Bertz CT molecular complexity index is 593. The van der Waals surface area contributed by atoms with Gasteiger partial charge in [0.05, 0.1) is 0 Å². The number of rotatable bonds is 8. The number of hydrogen-bond acceptors (Lipinski definition) is 1. The Morgan fingerprint density at radius 1 is 1.05 bits per heavy atom. The van der Waals surface area contributed by atoms with E-state index in [4.69, 9.17) is 0 Å². The maximum atomic E-state index is 12.1. The Kier molecular flexibility index (Phi) is 10.7. The Morgan fingerprint density at radius 2 is 1.73 bits per heavy atom. The van der Waals surface area contributed by atoms with Crippen LogP contribution in [0.25, 0.3) is 0 Å². The SMILES string of the molecule is C=C/C=C(Br)\C=C(/C)C(=O)/C=C/C(=C\C=C/C=C\C)C(=C)C. The molecule has 0 spiro atoms. The molecule has 0 aromatic carbocycles. The lowest BCUT2D eigenvalue weighted by Gasteiger charge is -1.99. The van der Waals surface area contributed by atoms with Crippen molar-refractivity contribution in [2.45, 2.75) is 20.8 Å². The van der Waals surface area contributed by atoms with E-state index in [9.17, 15) is 4.79 Å². The average Bonchev–Trinajstić information content (AvgIpc) is 2.45. The van der Waals surface area contributed by atoms with Crippen LogP contribution >= 0.6 is 15.9 Å². The van der Waals surface area contributed by atoms with Crippen molar-refractivity contribution in [2.75, 3.05) is 0 Å². The summed E-state index contributed by atoms with van der Waals surface area (Å²) in [4.78, 5) is 12.1. The molecule has 0 heterocycles. The monoisotopic (exact) mass is 358 g/mol. The summed E-state index contributed by atoms with van der Waals surface area (Å²) >= 11 is 3.36. The standard InChI is InChI=1S/C20H23BrO/c1-6-8-9-10-12-18(16(3)4)13-14-20(22)17(5)15-19(21)11-7-2/h6-15H,2-3H2,1,4-5H3/b8-6-,10-9-,14-13+,17-15+,18-12+,19-11+. The van der Waals surface area contributed by atoms with Gasteiger partial charge in [0.15, 0.2) is 5.78 Å². The molecule has 1 nitrogen and oxygen atoms in total. The lowest BCUT2D eigenvalue weighted by molar-refractivity contribution is -0.111. The highest BCUT2D eigenvalue weighted by molar-refractivity contribution is 9.11. The number of allylic oxidation sites excluding steroid dienone is 14. The van der Waals surface area contributed by atoms with E-state index in [1.807, 2.05) is 44.2 Å². The van der Waals surface area contributed by atoms with Crippen molar-refractivity contribution in [1.82, 2.24) is 0 Å². The fourth-order valence-corrected chi connectivity index (χ4v) is 1.94. The predicted octanol–water partition coefficient (Wildman–Crippen LogP) is 6.16. The molecule has 0 aliphatic rings. The zero-order valence-corrected chi connectivity index (χ0v) is 15.1. The van der Waals surface area contributed by atoms with Crippen LogP contribution in [-0.4, -0.2) is 5.78 Å². The Labute approximate surface area is 142 Å². The fourth-order valence-electron chi connectivity index (χ4n) is 1.41. The van der Waals surface area contributed by atoms with E-state index < -0.39 is 0 Å². The molecule has 0 radical (unpaired) electrons. The molecule has 0 rings (SSSR count). The van der Waals surface area contributed by atoms with Crippen LogP contribution in [0, 0.1) is 0 Å². The molecular formula is C20H23BrO. The number of carbonyl (C=O) groups is 1. The van der Waals surface area contributed by atoms with E-state index in [0.717, 1.165) is 15.6 Å². The van der Waals surface area contributed by atoms with Gasteiger partial charge in [-0.3, -0.25) is 4.79 Å². The topological polar surface area (TPSA) is 17.1 Å². The summed E-state index contributed by atoms with van der Waals surface area (Å²) in [5.74, 6) is -0.0426. The van der Waals surface area contributed by atoms with Crippen molar-refractivity contribution in [3.05, 3.63) is 95.1 Å². The molecule has 22 heavy (non-hydrogen) atoms. The highest BCUT2D eigenvalue weighted by Gasteiger charge is 2.01. The van der Waals surface area contributed by atoms with Gasteiger partial charge < -0.3 is 0 Å². The highest BCUT2D eigenvalue weighted by atomic mass is 79.9. The lowest BCUT2D eigenvalue weighted by Crippen LogP contribution is -1.95. The van der Waals surface area contributed by atoms with Crippen molar-refractivity contribution in [1.29, 1.82) is 0 Å². The van der Waals surface area contributed by atoms with E-state index in [1.165, 1.54) is 0 Å². The molecule has 0 aliphatic carbocycles. The largest absolute Gasteiger partial charge is 0.290 e. The number of halogens is 1. The fraction of sp³-hybridized carbons (Fsp3) is 0.150. The van der Waals surface area contributed by atoms with E-state index in [0.29, 0.717) is 5.57 Å². The normalized spacial score (nSPS) is 14.3. The maximum absolute atomic E-state index is 12.1. The number of carbonyl (C=O) groups excluding carboxylic acids is 1. The molecular weight excluding hydrogens is 336 g/mol. The molecule has 2 heteroatoms. The van der Waals surface area contributed by atoms with Crippen LogP contribution in [0.1, 0.15) is 20.8 Å². The third-order valence-electron chi connectivity index (χ3n) is 2.62. The van der Waals surface area contributed by atoms with Crippen LogP contribution in [-0.2, 0) is 4.79 Å². The highest BCUT2D eigenvalue weighted by Crippen LogP contribution is 2.13.